The smallest absolute Gasteiger partial charge is 0.276 e. The van der Waals surface area contributed by atoms with Gasteiger partial charge < -0.3 is 15.0 Å². The SMILES string of the molecule is CCC(C)(C)NC(=O)[C@H](c1cccc(OC)c1)N(C(=O)c1csnn1)C1CCCC1. The Kier molecular flexibility index (Phi) is 7.07. The van der Waals surface area contributed by atoms with Crippen molar-refractivity contribution in [2.24, 2.45) is 0 Å². The van der Waals surface area contributed by atoms with Crippen LogP contribution in [0.15, 0.2) is 29.6 Å². The van der Waals surface area contributed by atoms with Gasteiger partial charge in [0.05, 0.1) is 7.11 Å². The molecular weight excluding hydrogens is 400 g/mol. The van der Waals surface area contributed by atoms with Gasteiger partial charge in [0, 0.05) is 17.0 Å². The number of carbonyl (C=O) groups excluding carboxylic acids is 2. The molecule has 1 aliphatic carbocycles. The average molecular weight is 431 g/mol. The maximum atomic E-state index is 13.6. The highest BCUT2D eigenvalue weighted by molar-refractivity contribution is 7.03. The molecule has 1 saturated carbocycles. The molecule has 162 valence electrons. The summed E-state index contributed by atoms with van der Waals surface area (Å²) in [6.45, 7) is 6.00. The maximum absolute atomic E-state index is 13.6. The molecule has 0 unspecified atom stereocenters. The van der Waals surface area contributed by atoms with Gasteiger partial charge in [-0.3, -0.25) is 9.59 Å². The van der Waals surface area contributed by atoms with Crippen molar-refractivity contribution in [3.8, 4) is 5.75 Å². The van der Waals surface area contributed by atoms with E-state index in [9.17, 15) is 9.59 Å². The van der Waals surface area contributed by atoms with Crippen molar-refractivity contribution in [2.75, 3.05) is 7.11 Å². The highest BCUT2D eigenvalue weighted by Gasteiger charge is 2.40. The number of carbonyl (C=O) groups is 2. The van der Waals surface area contributed by atoms with Crippen molar-refractivity contribution in [3.63, 3.8) is 0 Å². The third-order valence-electron chi connectivity index (χ3n) is 5.81. The van der Waals surface area contributed by atoms with Gasteiger partial charge in [-0.25, -0.2) is 0 Å². The van der Waals surface area contributed by atoms with Gasteiger partial charge in [0.25, 0.3) is 5.91 Å². The lowest BCUT2D eigenvalue weighted by atomic mass is 9.97. The molecule has 1 aliphatic rings. The molecule has 8 heteroatoms. The van der Waals surface area contributed by atoms with Gasteiger partial charge in [-0.2, -0.15) is 0 Å². The Labute approximate surface area is 182 Å². The van der Waals surface area contributed by atoms with Crippen molar-refractivity contribution < 1.29 is 14.3 Å². The van der Waals surface area contributed by atoms with Crippen molar-refractivity contribution in [3.05, 3.63) is 40.9 Å². The molecule has 0 bridgehead atoms. The van der Waals surface area contributed by atoms with E-state index in [-0.39, 0.29) is 29.1 Å². The maximum Gasteiger partial charge on any atom is 0.276 e. The van der Waals surface area contributed by atoms with Crippen LogP contribution in [-0.4, -0.2) is 45.0 Å². The zero-order valence-electron chi connectivity index (χ0n) is 18.1. The largest absolute Gasteiger partial charge is 0.497 e. The van der Waals surface area contributed by atoms with Crippen LogP contribution in [0.5, 0.6) is 5.75 Å². The van der Waals surface area contributed by atoms with Gasteiger partial charge in [-0.05, 0) is 62.3 Å². The quantitative estimate of drug-likeness (QED) is 0.685. The molecular formula is C22H30N4O3S. The summed E-state index contributed by atoms with van der Waals surface area (Å²) >= 11 is 1.13. The van der Waals surface area contributed by atoms with Crippen LogP contribution in [0.2, 0.25) is 0 Å². The van der Waals surface area contributed by atoms with Gasteiger partial charge in [0.1, 0.15) is 11.8 Å². The summed E-state index contributed by atoms with van der Waals surface area (Å²) in [5, 5.41) is 8.77. The number of ether oxygens (including phenoxy) is 1. The number of amides is 2. The standard InChI is InChI=1S/C22H30N4O3S/c1-5-22(2,3)23-20(27)19(15-9-8-12-17(13-15)29-4)26(16-10-6-7-11-16)21(28)18-14-30-25-24-18/h8-9,12-14,16,19H,5-7,10-11H2,1-4H3,(H,23,27)/t19-/m0/s1. The predicted molar refractivity (Wildman–Crippen MR) is 117 cm³/mol. The number of hydrogen-bond acceptors (Lipinski definition) is 6. The second-order valence-corrected chi connectivity index (χ2v) is 8.96. The van der Waals surface area contributed by atoms with Crippen molar-refractivity contribution in [1.29, 1.82) is 0 Å². The second-order valence-electron chi connectivity index (χ2n) is 8.35. The van der Waals surface area contributed by atoms with Gasteiger partial charge in [-0.1, -0.05) is 36.4 Å². The first-order valence-corrected chi connectivity index (χ1v) is 11.3. The van der Waals surface area contributed by atoms with E-state index in [1.165, 1.54) is 0 Å². The first-order chi connectivity index (χ1) is 14.4. The minimum Gasteiger partial charge on any atom is -0.497 e. The Morgan fingerprint density at radius 2 is 2.07 bits per heavy atom. The minimum absolute atomic E-state index is 0.0223. The zero-order valence-corrected chi connectivity index (χ0v) is 18.9. The van der Waals surface area contributed by atoms with Crippen LogP contribution in [0.25, 0.3) is 0 Å². The first-order valence-electron chi connectivity index (χ1n) is 10.4. The van der Waals surface area contributed by atoms with Gasteiger partial charge in [0.15, 0.2) is 5.69 Å². The summed E-state index contributed by atoms with van der Waals surface area (Å²) < 4.78 is 9.24. The topological polar surface area (TPSA) is 84.4 Å². The summed E-state index contributed by atoms with van der Waals surface area (Å²) in [6.07, 6.45) is 4.59. The van der Waals surface area contributed by atoms with Gasteiger partial charge in [-0.15, -0.1) is 5.10 Å². The van der Waals surface area contributed by atoms with Crippen LogP contribution in [0, 0.1) is 0 Å². The Hall–Kier alpha value is -2.48. The minimum atomic E-state index is -0.775. The first kappa shape index (κ1) is 22.2. The van der Waals surface area contributed by atoms with Crippen molar-refractivity contribution >= 4 is 23.3 Å². The van der Waals surface area contributed by atoms with Crippen LogP contribution in [-0.2, 0) is 4.79 Å². The molecule has 2 amide bonds. The number of aromatic nitrogens is 2. The number of benzene rings is 1. The van der Waals surface area contributed by atoms with E-state index in [2.05, 4.69) is 14.9 Å². The second kappa shape index (κ2) is 9.55. The van der Waals surface area contributed by atoms with E-state index in [1.54, 1.807) is 17.4 Å². The Balaban J connectivity index is 2.08. The normalized spacial score (nSPS) is 15.6. The van der Waals surface area contributed by atoms with Gasteiger partial charge in [0.2, 0.25) is 5.91 Å². The Morgan fingerprint density at radius 1 is 1.33 bits per heavy atom. The predicted octanol–water partition coefficient (Wildman–Crippen LogP) is 3.98. The molecule has 0 radical (unpaired) electrons. The third-order valence-corrected chi connectivity index (χ3v) is 6.32. The molecule has 0 spiro atoms. The van der Waals surface area contributed by atoms with E-state index in [4.69, 9.17) is 4.74 Å². The lowest BCUT2D eigenvalue weighted by molar-refractivity contribution is -0.128. The van der Waals surface area contributed by atoms with Crippen LogP contribution < -0.4 is 10.1 Å². The number of nitrogens with zero attached hydrogens (tertiary/aromatic N) is 3. The molecule has 7 nitrogen and oxygen atoms in total. The fourth-order valence-corrected chi connectivity index (χ4v) is 4.24. The van der Waals surface area contributed by atoms with Crippen molar-refractivity contribution in [2.45, 2.75) is 70.5 Å². The molecule has 2 aromatic rings. The van der Waals surface area contributed by atoms with Crippen LogP contribution in [0.1, 0.15) is 75.0 Å². The molecule has 1 fully saturated rings. The van der Waals surface area contributed by atoms with Crippen LogP contribution in [0.4, 0.5) is 0 Å². The zero-order chi connectivity index (χ0) is 21.7. The third kappa shape index (κ3) is 4.98. The van der Waals surface area contributed by atoms with Crippen LogP contribution >= 0.6 is 11.5 Å². The fraction of sp³-hybridized carbons (Fsp3) is 0.545. The summed E-state index contributed by atoms with van der Waals surface area (Å²) in [4.78, 5) is 28.9. The summed E-state index contributed by atoms with van der Waals surface area (Å²) in [5.74, 6) is 0.195. The lowest BCUT2D eigenvalue weighted by Crippen LogP contribution is -2.52. The number of nitrogens with one attached hydrogen (secondary N) is 1. The molecule has 1 atom stereocenters. The highest BCUT2D eigenvalue weighted by Crippen LogP contribution is 2.34. The monoisotopic (exact) mass is 430 g/mol. The van der Waals surface area contributed by atoms with Gasteiger partial charge >= 0.3 is 0 Å². The summed E-state index contributed by atoms with van der Waals surface area (Å²) in [5.41, 5.74) is 0.616. The van der Waals surface area contributed by atoms with E-state index in [0.29, 0.717) is 5.75 Å². The Morgan fingerprint density at radius 3 is 2.67 bits per heavy atom. The van der Waals surface area contributed by atoms with E-state index in [0.717, 1.165) is 49.2 Å². The summed E-state index contributed by atoms with van der Waals surface area (Å²) in [6, 6.07) is 6.59. The number of rotatable bonds is 8. The molecule has 1 aromatic carbocycles. The average Bonchev–Trinajstić information content (AvgIpc) is 3.45. The molecule has 1 N–H and O–H groups in total. The van der Waals surface area contributed by atoms with E-state index in [1.807, 2.05) is 45.0 Å². The van der Waals surface area contributed by atoms with Crippen molar-refractivity contribution in [1.82, 2.24) is 19.8 Å². The lowest BCUT2D eigenvalue weighted by Gasteiger charge is -2.37. The van der Waals surface area contributed by atoms with Crippen LogP contribution in [0.3, 0.4) is 0 Å². The Bertz CT molecular complexity index is 863. The molecule has 3 rings (SSSR count). The molecule has 0 saturated heterocycles. The number of hydrogen-bond donors (Lipinski definition) is 1. The molecule has 30 heavy (non-hydrogen) atoms. The highest BCUT2D eigenvalue weighted by atomic mass is 32.1. The number of methoxy groups -OCH3 is 1. The fourth-order valence-electron chi connectivity index (χ4n) is 3.81. The molecule has 1 heterocycles. The molecule has 0 aliphatic heterocycles. The summed E-state index contributed by atoms with van der Waals surface area (Å²) in [7, 11) is 1.59. The van der Waals surface area contributed by atoms with E-state index >= 15 is 0 Å². The molecule has 1 aromatic heterocycles. The van der Waals surface area contributed by atoms with E-state index < -0.39 is 6.04 Å².